The van der Waals surface area contributed by atoms with E-state index in [-0.39, 0.29) is 5.41 Å². The summed E-state index contributed by atoms with van der Waals surface area (Å²) in [5, 5.41) is 3.45. The SMILES string of the molecule is CC1CCCCCN1C(=O)C(C)(C)C1CCCNC1. The number of carbonyl (C=O) groups is 1. The molecular weight excluding hydrogens is 236 g/mol. The zero-order valence-electron chi connectivity index (χ0n) is 12.9. The van der Waals surface area contributed by atoms with E-state index in [2.05, 4.69) is 31.0 Å². The molecule has 0 spiro atoms. The molecule has 2 rings (SSSR count). The standard InChI is InChI=1S/C16H30N2O/c1-13-8-5-4-6-11-18(13)15(19)16(2,3)14-9-7-10-17-12-14/h13-14,17H,4-12H2,1-3H3. The van der Waals surface area contributed by atoms with Gasteiger partial charge in [0.2, 0.25) is 5.91 Å². The Hall–Kier alpha value is -0.570. The van der Waals surface area contributed by atoms with Crippen molar-refractivity contribution in [3.63, 3.8) is 0 Å². The first kappa shape index (κ1) is 14.8. The van der Waals surface area contributed by atoms with E-state index >= 15 is 0 Å². The van der Waals surface area contributed by atoms with Gasteiger partial charge in [0.15, 0.2) is 0 Å². The van der Waals surface area contributed by atoms with Crippen LogP contribution >= 0.6 is 0 Å². The summed E-state index contributed by atoms with van der Waals surface area (Å²) in [7, 11) is 0. The highest BCUT2D eigenvalue weighted by molar-refractivity contribution is 5.82. The number of piperidine rings is 1. The number of hydrogen-bond acceptors (Lipinski definition) is 2. The molecule has 0 aromatic carbocycles. The summed E-state index contributed by atoms with van der Waals surface area (Å²) in [6.45, 7) is 9.61. The van der Waals surface area contributed by atoms with E-state index in [1.807, 2.05) is 0 Å². The first-order valence-electron chi connectivity index (χ1n) is 8.05. The number of hydrogen-bond donors (Lipinski definition) is 1. The third-order valence-electron chi connectivity index (χ3n) is 5.18. The summed E-state index contributed by atoms with van der Waals surface area (Å²) >= 11 is 0. The largest absolute Gasteiger partial charge is 0.340 e. The third kappa shape index (κ3) is 3.31. The van der Waals surface area contributed by atoms with Gasteiger partial charge >= 0.3 is 0 Å². The second-order valence-electron chi connectivity index (χ2n) is 6.96. The Morgan fingerprint density at radius 1 is 1.16 bits per heavy atom. The minimum absolute atomic E-state index is 0.216. The van der Waals surface area contributed by atoms with Gasteiger partial charge in [0, 0.05) is 18.0 Å². The van der Waals surface area contributed by atoms with Crippen molar-refractivity contribution in [2.75, 3.05) is 19.6 Å². The fraction of sp³-hybridized carbons (Fsp3) is 0.938. The van der Waals surface area contributed by atoms with E-state index in [1.165, 1.54) is 38.5 Å². The molecule has 2 aliphatic heterocycles. The molecule has 0 aromatic rings. The minimum Gasteiger partial charge on any atom is -0.340 e. The molecule has 3 heteroatoms. The van der Waals surface area contributed by atoms with Crippen LogP contribution in [0.2, 0.25) is 0 Å². The molecule has 3 nitrogen and oxygen atoms in total. The second kappa shape index (κ2) is 6.25. The van der Waals surface area contributed by atoms with Crippen molar-refractivity contribution >= 4 is 5.91 Å². The Morgan fingerprint density at radius 2 is 1.95 bits per heavy atom. The molecule has 110 valence electrons. The number of likely N-dealkylation sites (tertiary alicyclic amines) is 1. The zero-order valence-corrected chi connectivity index (χ0v) is 12.9. The molecule has 0 saturated carbocycles. The van der Waals surface area contributed by atoms with Crippen molar-refractivity contribution in [3.05, 3.63) is 0 Å². The summed E-state index contributed by atoms with van der Waals surface area (Å²) in [6.07, 6.45) is 7.29. The van der Waals surface area contributed by atoms with Gasteiger partial charge in [-0.2, -0.15) is 0 Å². The molecule has 0 aliphatic carbocycles. The van der Waals surface area contributed by atoms with Gasteiger partial charge in [-0.1, -0.05) is 26.7 Å². The smallest absolute Gasteiger partial charge is 0.228 e. The maximum absolute atomic E-state index is 13.0. The fourth-order valence-corrected chi connectivity index (χ4v) is 3.59. The summed E-state index contributed by atoms with van der Waals surface area (Å²) < 4.78 is 0. The fourth-order valence-electron chi connectivity index (χ4n) is 3.59. The van der Waals surface area contributed by atoms with Crippen LogP contribution in [-0.4, -0.2) is 36.5 Å². The third-order valence-corrected chi connectivity index (χ3v) is 5.18. The minimum atomic E-state index is -0.216. The number of amides is 1. The van der Waals surface area contributed by atoms with Crippen molar-refractivity contribution in [2.45, 2.75) is 65.3 Å². The molecule has 2 fully saturated rings. The van der Waals surface area contributed by atoms with Crippen LogP contribution in [0.5, 0.6) is 0 Å². The molecular formula is C16H30N2O. The lowest BCUT2D eigenvalue weighted by atomic mass is 9.73. The Bertz CT molecular complexity index is 308. The Labute approximate surface area is 118 Å². The van der Waals surface area contributed by atoms with Crippen LogP contribution in [0.15, 0.2) is 0 Å². The maximum Gasteiger partial charge on any atom is 0.228 e. The molecule has 1 N–H and O–H groups in total. The van der Waals surface area contributed by atoms with Crippen LogP contribution in [0.1, 0.15) is 59.3 Å². The van der Waals surface area contributed by atoms with Crippen molar-refractivity contribution in [1.82, 2.24) is 10.2 Å². The summed E-state index contributed by atoms with van der Waals surface area (Å²) in [5.74, 6) is 0.875. The Balaban J connectivity index is 2.06. The number of rotatable bonds is 2. The van der Waals surface area contributed by atoms with Gasteiger partial charge in [-0.05, 0) is 51.6 Å². The van der Waals surface area contributed by atoms with E-state index in [0.717, 1.165) is 19.6 Å². The highest BCUT2D eigenvalue weighted by atomic mass is 16.2. The molecule has 0 bridgehead atoms. The van der Waals surface area contributed by atoms with E-state index in [9.17, 15) is 4.79 Å². The summed E-state index contributed by atoms with van der Waals surface area (Å²) in [5.41, 5.74) is -0.216. The van der Waals surface area contributed by atoms with Crippen LogP contribution < -0.4 is 5.32 Å². The first-order valence-corrected chi connectivity index (χ1v) is 8.05. The number of nitrogens with zero attached hydrogens (tertiary/aromatic N) is 1. The lowest BCUT2D eigenvalue weighted by molar-refractivity contribution is -0.146. The highest BCUT2D eigenvalue weighted by Gasteiger charge is 2.41. The molecule has 2 unspecified atom stereocenters. The predicted octanol–water partition coefficient (Wildman–Crippen LogP) is 2.80. The molecule has 2 saturated heterocycles. The van der Waals surface area contributed by atoms with E-state index in [4.69, 9.17) is 0 Å². The normalized spacial score (nSPS) is 29.9. The van der Waals surface area contributed by atoms with Gasteiger partial charge in [0.1, 0.15) is 0 Å². The van der Waals surface area contributed by atoms with E-state index in [1.54, 1.807) is 0 Å². The van der Waals surface area contributed by atoms with Gasteiger partial charge in [0.05, 0.1) is 0 Å². The lowest BCUT2D eigenvalue weighted by Crippen LogP contribution is -2.51. The average molecular weight is 266 g/mol. The average Bonchev–Trinajstić information content (AvgIpc) is 2.63. The van der Waals surface area contributed by atoms with Crippen LogP contribution in [0, 0.1) is 11.3 Å². The summed E-state index contributed by atoms with van der Waals surface area (Å²) in [4.78, 5) is 15.1. The van der Waals surface area contributed by atoms with Gasteiger partial charge < -0.3 is 10.2 Å². The first-order chi connectivity index (χ1) is 9.03. The second-order valence-corrected chi connectivity index (χ2v) is 6.96. The molecule has 2 aliphatic rings. The molecule has 2 atom stereocenters. The van der Waals surface area contributed by atoms with Crippen molar-refractivity contribution in [3.8, 4) is 0 Å². The Morgan fingerprint density at radius 3 is 2.63 bits per heavy atom. The van der Waals surface area contributed by atoms with Crippen molar-refractivity contribution in [1.29, 1.82) is 0 Å². The molecule has 2 heterocycles. The summed E-state index contributed by atoms with van der Waals surface area (Å²) in [6, 6.07) is 0.422. The topological polar surface area (TPSA) is 32.3 Å². The highest BCUT2D eigenvalue weighted by Crippen LogP contribution is 2.35. The monoisotopic (exact) mass is 266 g/mol. The van der Waals surface area contributed by atoms with Gasteiger partial charge in [-0.3, -0.25) is 4.79 Å². The number of carbonyl (C=O) groups excluding carboxylic acids is 1. The van der Waals surface area contributed by atoms with Gasteiger partial charge in [0.25, 0.3) is 0 Å². The van der Waals surface area contributed by atoms with Gasteiger partial charge in [-0.25, -0.2) is 0 Å². The van der Waals surface area contributed by atoms with Crippen LogP contribution in [0.4, 0.5) is 0 Å². The van der Waals surface area contributed by atoms with Crippen molar-refractivity contribution in [2.24, 2.45) is 11.3 Å². The van der Waals surface area contributed by atoms with E-state index < -0.39 is 0 Å². The van der Waals surface area contributed by atoms with Gasteiger partial charge in [-0.15, -0.1) is 0 Å². The van der Waals surface area contributed by atoms with Crippen LogP contribution in [0.25, 0.3) is 0 Å². The zero-order chi connectivity index (χ0) is 13.9. The van der Waals surface area contributed by atoms with Crippen LogP contribution in [-0.2, 0) is 4.79 Å². The maximum atomic E-state index is 13.0. The quantitative estimate of drug-likeness (QED) is 0.833. The molecule has 0 aromatic heterocycles. The Kier molecular flexibility index (Phi) is 4.88. The lowest BCUT2D eigenvalue weighted by Gasteiger charge is -2.41. The predicted molar refractivity (Wildman–Crippen MR) is 79.0 cm³/mol. The molecule has 0 radical (unpaired) electrons. The van der Waals surface area contributed by atoms with E-state index in [0.29, 0.717) is 17.9 Å². The van der Waals surface area contributed by atoms with Crippen LogP contribution in [0.3, 0.4) is 0 Å². The van der Waals surface area contributed by atoms with Crippen molar-refractivity contribution < 1.29 is 4.79 Å². The number of nitrogens with one attached hydrogen (secondary N) is 1. The molecule has 19 heavy (non-hydrogen) atoms. The molecule has 1 amide bonds.